The summed E-state index contributed by atoms with van der Waals surface area (Å²) in [7, 11) is 0. The number of hydrogen-bond donors (Lipinski definition) is 0. The van der Waals surface area contributed by atoms with Gasteiger partial charge in [-0.15, -0.1) is 0 Å². The van der Waals surface area contributed by atoms with Gasteiger partial charge in [-0.05, 0) is 6.07 Å². The predicted octanol–water partition coefficient (Wildman–Crippen LogP) is 2.53. The second kappa shape index (κ2) is 4.63. The molecule has 0 fully saturated rings. The normalized spacial score (nSPS) is 12.5. The van der Waals surface area contributed by atoms with Gasteiger partial charge in [-0.1, -0.05) is 12.1 Å². The van der Waals surface area contributed by atoms with E-state index in [1.807, 2.05) is 0 Å². The van der Waals surface area contributed by atoms with E-state index in [9.17, 15) is 23.3 Å². The summed E-state index contributed by atoms with van der Waals surface area (Å²) in [6, 6.07) is 4.72. The van der Waals surface area contributed by atoms with E-state index >= 15 is 0 Å². The standard InChI is InChI=1S/C8H6F3NO3/c9-7(10)8(11)15-6-4-2-1-3-5(6)12(13)14/h1-4,7-8H. The van der Waals surface area contributed by atoms with Crippen molar-refractivity contribution in [1.29, 1.82) is 0 Å². The Kier molecular flexibility index (Phi) is 3.48. The highest BCUT2D eigenvalue weighted by Gasteiger charge is 2.24. The molecule has 1 rings (SSSR count). The first-order valence-electron chi connectivity index (χ1n) is 3.84. The van der Waals surface area contributed by atoms with Crippen molar-refractivity contribution < 1.29 is 22.8 Å². The molecular weight excluding hydrogens is 215 g/mol. The number of nitro benzene ring substituents is 1. The molecule has 0 N–H and O–H groups in total. The Labute approximate surface area is 82.4 Å². The fourth-order valence-electron chi connectivity index (χ4n) is 0.880. The summed E-state index contributed by atoms with van der Waals surface area (Å²) in [5.41, 5.74) is -0.555. The predicted molar refractivity (Wildman–Crippen MR) is 44.6 cm³/mol. The van der Waals surface area contributed by atoms with Gasteiger partial charge in [0, 0.05) is 6.07 Å². The van der Waals surface area contributed by atoms with Crippen LogP contribution in [-0.4, -0.2) is 17.7 Å². The van der Waals surface area contributed by atoms with Crippen LogP contribution in [0.5, 0.6) is 5.75 Å². The Bertz CT molecular complexity index is 359. The number of nitro groups is 1. The van der Waals surface area contributed by atoms with Gasteiger partial charge in [0.25, 0.3) is 6.36 Å². The second-order valence-electron chi connectivity index (χ2n) is 2.53. The smallest absolute Gasteiger partial charge is 0.311 e. The molecule has 0 aromatic heterocycles. The number of nitrogens with zero attached hydrogens (tertiary/aromatic N) is 1. The highest BCUT2D eigenvalue weighted by Crippen LogP contribution is 2.27. The lowest BCUT2D eigenvalue weighted by molar-refractivity contribution is -0.386. The van der Waals surface area contributed by atoms with Gasteiger partial charge in [-0.3, -0.25) is 10.1 Å². The van der Waals surface area contributed by atoms with Crippen LogP contribution in [-0.2, 0) is 0 Å². The van der Waals surface area contributed by atoms with E-state index in [1.165, 1.54) is 12.1 Å². The Morgan fingerprint density at radius 1 is 1.27 bits per heavy atom. The molecule has 0 radical (unpaired) electrons. The minimum absolute atomic E-state index is 0.518. The zero-order valence-corrected chi connectivity index (χ0v) is 7.27. The van der Waals surface area contributed by atoms with Crippen molar-refractivity contribution >= 4 is 5.69 Å². The number of para-hydroxylation sites is 2. The summed E-state index contributed by atoms with van der Waals surface area (Å²) < 4.78 is 40.1. The number of rotatable bonds is 4. The van der Waals surface area contributed by atoms with Crippen LogP contribution in [0.25, 0.3) is 0 Å². The number of halogens is 3. The van der Waals surface area contributed by atoms with Crippen LogP contribution in [0, 0.1) is 10.1 Å². The van der Waals surface area contributed by atoms with Gasteiger partial charge >= 0.3 is 12.1 Å². The van der Waals surface area contributed by atoms with E-state index in [1.54, 1.807) is 0 Å². The van der Waals surface area contributed by atoms with Gasteiger partial charge in [0.15, 0.2) is 0 Å². The number of alkyl halides is 3. The minimum atomic E-state index is -3.34. The Balaban J connectivity index is 2.89. The summed E-state index contributed by atoms with van der Waals surface area (Å²) >= 11 is 0. The lowest BCUT2D eigenvalue weighted by Crippen LogP contribution is -2.19. The maximum absolute atomic E-state index is 12.5. The van der Waals surface area contributed by atoms with E-state index < -0.39 is 29.1 Å². The van der Waals surface area contributed by atoms with Crippen LogP contribution in [0.1, 0.15) is 0 Å². The first-order chi connectivity index (χ1) is 7.02. The number of ether oxygens (including phenoxy) is 1. The van der Waals surface area contributed by atoms with E-state index in [2.05, 4.69) is 4.74 Å². The summed E-state index contributed by atoms with van der Waals surface area (Å²) in [5, 5.41) is 10.4. The molecule has 0 bridgehead atoms. The third-order valence-corrected chi connectivity index (χ3v) is 1.50. The van der Waals surface area contributed by atoms with Crippen molar-refractivity contribution in [2.75, 3.05) is 0 Å². The van der Waals surface area contributed by atoms with E-state index in [-0.39, 0.29) is 0 Å². The Hall–Kier alpha value is -1.79. The van der Waals surface area contributed by atoms with Crippen molar-refractivity contribution in [2.45, 2.75) is 12.8 Å². The molecule has 4 nitrogen and oxygen atoms in total. The summed E-state index contributed by atoms with van der Waals surface area (Å²) in [4.78, 5) is 9.55. The third kappa shape index (κ3) is 2.83. The maximum atomic E-state index is 12.5. The van der Waals surface area contributed by atoms with Crippen LogP contribution < -0.4 is 4.74 Å². The fourth-order valence-corrected chi connectivity index (χ4v) is 0.880. The summed E-state index contributed by atoms with van der Waals surface area (Å²) in [6.07, 6.45) is -6.21. The SMILES string of the molecule is O=[N+]([O-])c1ccccc1OC(F)C(F)F. The molecular formula is C8H6F3NO3. The molecule has 1 aromatic carbocycles. The fraction of sp³-hybridized carbons (Fsp3) is 0.250. The molecule has 1 unspecified atom stereocenters. The molecule has 1 atom stereocenters. The van der Waals surface area contributed by atoms with E-state index in [0.717, 1.165) is 12.1 Å². The largest absolute Gasteiger partial charge is 0.447 e. The van der Waals surface area contributed by atoms with Gasteiger partial charge in [0.2, 0.25) is 5.75 Å². The molecule has 0 spiro atoms. The molecule has 0 saturated carbocycles. The molecule has 0 aliphatic carbocycles. The highest BCUT2D eigenvalue weighted by molar-refractivity contribution is 5.45. The van der Waals surface area contributed by atoms with Crippen LogP contribution in [0.4, 0.5) is 18.9 Å². The number of benzene rings is 1. The molecule has 7 heteroatoms. The van der Waals surface area contributed by atoms with Gasteiger partial charge in [-0.2, -0.15) is 4.39 Å². The molecule has 1 aromatic rings. The molecule has 82 valence electrons. The number of hydrogen-bond acceptors (Lipinski definition) is 3. The van der Waals surface area contributed by atoms with E-state index in [0.29, 0.717) is 0 Å². The second-order valence-corrected chi connectivity index (χ2v) is 2.53. The third-order valence-electron chi connectivity index (χ3n) is 1.50. The lowest BCUT2D eigenvalue weighted by Gasteiger charge is -2.09. The molecule has 0 aliphatic rings. The highest BCUT2D eigenvalue weighted by atomic mass is 19.3. The Morgan fingerprint density at radius 2 is 1.87 bits per heavy atom. The average Bonchev–Trinajstić information content (AvgIpc) is 2.18. The van der Waals surface area contributed by atoms with Gasteiger partial charge in [0.05, 0.1) is 4.92 Å². The maximum Gasteiger partial charge on any atom is 0.311 e. The molecule has 15 heavy (non-hydrogen) atoms. The Morgan fingerprint density at radius 3 is 2.40 bits per heavy atom. The van der Waals surface area contributed by atoms with E-state index in [4.69, 9.17) is 0 Å². The summed E-state index contributed by atoms with van der Waals surface area (Å²) in [5.74, 6) is -0.518. The van der Waals surface area contributed by atoms with Crippen LogP contribution in [0.3, 0.4) is 0 Å². The van der Waals surface area contributed by atoms with Crippen LogP contribution >= 0.6 is 0 Å². The van der Waals surface area contributed by atoms with Crippen LogP contribution in [0.15, 0.2) is 24.3 Å². The summed E-state index contributed by atoms with van der Waals surface area (Å²) in [6.45, 7) is 0. The van der Waals surface area contributed by atoms with Gasteiger partial charge in [-0.25, -0.2) is 8.78 Å². The van der Waals surface area contributed by atoms with Crippen molar-refractivity contribution in [3.05, 3.63) is 34.4 Å². The molecule has 0 saturated heterocycles. The van der Waals surface area contributed by atoms with Crippen molar-refractivity contribution in [3.8, 4) is 5.75 Å². The average molecular weight is 221 g/mol. The first-order valence-corrected chi connectivity index (χ1v) is 3.84. The molecule has 0 aliphatic heterocycles. The molecule has 0 heterocycles. The zero-order valence-electron chi connectivity index (χ0n) is 7.27. The minimum Gasteiger partial charge on any atom is -0.447 e. The topological polar surface area (TPSA) is 52.4 Å². The quantitative estimate of drug-likeness (QED) is 0.579. The molecule has 0 amide bonds. The van der Waals surface area contributed by atoms with Gasteiger partial charge in [0.1, 0.15) is 0 Å². The van der Waals surface area contributed by atoms with Crippen molar-refractivity contribution in [3.63, 3.8) is 0 Å². The van der Waals surface area contributed by atoms with Crippen molar-refractivity contribution in [2.24, 2.45) is 0 Å². The first kappa shape index (κ1) is 11.3. The van der Waals surface area contributed by atoms with Crippen LogP contribution in [0.2, 0.25) is 0 Å². The van der Waals surface area contributed by atoms with Gasteiger partial charge < -0.3 is 4.74 Å². The lowest BCUT2D eigenvalue weighted by atomic mass is 10.3. The zero-order chi connectivity index (χ0) is 11.4. The van der Waals surface area contributed by atoms with Crippen molar-refractivity contribution in [1.82, 2.24) is 0 Å². The monoisotopic (exact) mass is 221 g/mol.